The third-order valence-corrected chi connectivity index (χ3v) is 4.43. The van der Waals surface area contributed by atoms with Crippen LogP contribution in [0.25, 0.3) is 0 Å². The van der Waals surface area contributed by atoms with Crippen LogP contribution in [0.2, 0.25) is 0 Å². The molecular weight excluding hydrogens is 342 g/mol. The lowest BCUT2D eigenvalue weighted by Gasteiger charge is -2.27. The number of hydrogen-bond acceptors (Lipinski definition) is 4. The van der Waals surface area contributed by atoms with Crippen molar-refractivity contribution in [2.45, 2.75) is 19.4 Å². The lowest BCUT2D eigenvalue weighted by Crippen LogP contribution is -2.39. The van der Waals surface area contributed by atoms with E-state index in [1.54, 1.807) is 13.0 Å². The van der Waals surface area contributed by atoms with Crippen molar-refractivity contribution < 1.29 is 9.72 Å². The molecule has 1 aliphatic rings. The molecule has 1 heterocycles. The smallest absolute Gasteiger partial charge is 0.273 e. The summed E-state index contributed by atoms with van der Waals surface area (Å²) in [4.78, 5) is 23.0. The lowest BCUT2D eigenvalue weighted by molar-refractivity contribution is -0.385. The van der Waals surface area contributed by atoms with Crippen molar-refractivity contribution in [1.82, 2.24) is 10.6 Å². The number of fused-ring (bicyclic) bond motifs is 1. The predicted molar refractivity (Wildman–Crippen MR) is 98.3 cm³/mol. The van der Waals surface area contributed by atoms with Crippen LogP contribution in [0.4, 0.5) is 5.69 Å². The van der Waals surface area contributed by atoms with Gasteiger partial charge in [-0.05, 0) is 37.1 Å². The van der Waals surface area contributed by atoms with Gasteiger partial charge in [0.2, 0.25) is 0 Å². The summed E-state index contributed by atoms with van der Waals surface area (Å²) in [6, 6.07) is 12.8. The van der Waals surface area contributed by atoms with Gasteiger partial charge in [-0.2, -0.15) is 0 Å². The zero-order chi connectivity index (χ0) is 17.1. The minimum Gasteiger partial charge on any atom is -0.350 e. The molecule has 2 aromatic rings. The van der Waals surface area contributed by atoms with E-state index in [4.69, 9.17) is 0 Å². The van der Waals surface area contributed by atoms with E-state index in [-0.39, 0.29) is 30.0 Å². The van der Waals surface area contributed by atoms with E-state index in [2.05, 4.69) is 22.8 Å². The van der Waals surface area contributed by atoms with E-state index in [0.29, 0.717) is 17.7 Å². The van der Waals surface area contributed by atoms with Gasteiger partial charge in [0.1, 0.15) is 0 Å². The summed E-state index contributed by atoms with van der Waals surface area (Å²) >= 11 is 0. The van der Waals surface area contributed by atoms with Gasteiger partial charge >= 0.3 is 0 Å². The van der Waals surface area contributed by atoms with Gasteiger partial charge in [-0.1, -0.05) is 30.3 Å². The molecule has 1 unspecified atom stereocenters. The average Bonchev–Trinajstić information content (AvgIpc) is 2.59. The highest BCUT2D eigenvalue weighted by Crippen LogP contribution is 2.23. The maximum atomic E-state index is 12.4. The van der Waals surface area contributed by atoms with E-state index < -0.39 is 4.92 Å². The SMILES string of the molecule is Cc1c(C(=O)NCC2NCCc3ccccc32)cccc1[N+](=O)[O-].Cl. The third kappa shape index (κ3) is 3.97. The van der Waals surface area contributed by atoms with Crippen LogP contribution in [-0.4, -0.2) is 23.9 Å². The van der Waals surface area contributed by atoms with E-state index >= 15 is 0 Å². The van der Waals surface area contributed by atoms with E-state index in [9.17, 15) is 14.9 Å². The van der Waals surface area contributed by atoms with Crippen LogP contribution >= 0.6 is 12.4 Å². The van der Waals surface area contributed by atoms with Crippen LogP contribution in [0.15, 0.2) is 42.5 Å². The summed E-state index contributed by atoms with van der Waals surface area (Å²) in [5.74, 6) is -0.291. The maximum absolute atomic E-state index is 12.4. The number of nitro groups is 1. The first kappa shape index (κ1) is 18.9. The van der Waals surface area contributed by atoms with Crippen molar-refractivity contribution in [3.8, 4) is 0 Å². The van der Waals surface area contributed by atoms with Crippen molar-refractivity contribution >= 4 is 24.0 Å². The quantitative estimate of drug-likeness (QED) is 0.647. The van der Waals surface area contributed by atoms with E-state index in [0.717, 1.165) is 13.0 Å². The molecule has 0 spiro atoms. The molecule has 1 aliphatic heterocycles. The molecule has 2 aromatic carbocycles. The van der Waals surface area contributed by atoms with Crippen molar-refractivity contribution in [2.75, 3.05) is 13.1 Å². The first-order chi connectivity index (χ1) is 11.6. The van der Waals surface area contributed by atoms with Crippen molar-refractivity contribution in [2.24, 2.45) is 0 Å². The molecule has 0 saturated carbocycles. The third-order valence-electron chi connectivity index (χ3n) is 4.43. The summed E-state index contributed by atoms with van der Waals surface area (Å²) in [5, 5.41) is 17.3. The van der Waals surface area contributed by atoms with Crippen LogP contribution in [0.3, 0.4) is 0 Å². The van der Waals surface area contributed by atoms with Crippen molar-refractivity contribution in [3.63, 3.8) is 0 Å². The molecular formula is C18H20ClN3O3. The number of carbonyl (C=O) groups is 1. The van der Waals surface area contributed by atoms with Gasteiger partial charge in [-0.25, -0.2) is 0 Å². The second-order valence-electron chi connectivity index (χ2n) is 5.87. The fourth-order valence-corrected chi connectivity index (χ4v) is 3.13. The topological polar surface area (TPSA) is 84.3 Å². The Labute approximate surface area is 152 Å². The lowest BCUT2D eigenvalue weighted by atomic mass is 9.94. The minimum absolute atomic E-state index is 0. The number of rotatable bonds is 4. The van der Waals surface area contributed by atoms with Gasteiger partial charge in [0.25, 0.3) is 11.6 Å². The summed E-state index contributed by atoms with van der Waals surface area (Å²) < 4.78 is 0. The predicted octanol–water partition coefficient (Wildman–Crippen LogP) is 2.94. The van der Waals surface area contributed by atoms with Gasteiger partial charge < -0.3 is 10.6 Å². The van der Waals surface area contributed by atoms with Gasteiger partial charge in [0, 0.05) is 29.8 Å². The molecule has 0 bridgehead atoms. The van der Waals surface area contributed by atoms with Crippen molar-refractivity contribution in [1.29, 1.82) is 0 Å². The summed E-state index contributed by atoms with van der Waals surface area (Å²) in [6.07, 6.45) is 0.977. The van der Waals surface area contributed by atoms with Crippen LogP contribution < -0.4 is 10.6 Å². The number of benzene rings is 2. The number of nitrogens with one attached hydrogen (secondary N) is 2. The van der Waals surface area contributed by atoms with Gasteiger partial charge in [-0.3, -0.25) is 14.9 Å². The molecule has 6 nitrogen and oxygen atoms in total. The normalized spacial score (nSPS) is 15.6. The average molecular weight is 362 g/mol. The van der Waals surface area contributed by atoms with Crippen molar-refractivity contribution in [3.05, 3.63) is 74.8 Å². The van der Waals surface area contributed by atoms with E-state index in [1.165, 1.54) is 23.3 Å². The number of carbonyl (C=O) groups excluding carboxylic acids is 1. The molecule has 0 aliphatic carbocycles. The Morgan fingerprint density at radius 1 is 1.28 bits per heavy atom. The fourth-order valence-electron chi connectivity index (χ4n) is 3.13. The molecule has 0 aromatic heterocycles. The van der Waals surface area contributed by atoms with Crippen LogP contribution in [0, 0.1) is 17.0 Å². The number of amides is 1. The van der Waals surface area contributed by atoms with Gasteiger partial charge in [0.15, 0.2) is 0 Å². The van der Waals surface area contributed by atoms with Gasteiger partial charge in [-0.15, -0.1) is 12.4 Å². The monoisotopic (exact) mass is 361 g/mol. The highest BCUT2D eigenvalue weighted by Gasteiger charge is 2.22. The summed E-state index contributed by atoms with van der Waals surface area (Å²) in [7, 11) is 0. The Morgan fingerprint density at radius 2 is 2.04 bits per heavy atom. The number of hydrogen-bond donors (Lipinski definition) is 2. The summed E-state index contributed by atoms with van der Waals surface area (Å²) in [6.45, 7) is 2.91. The van der Waals surface area contributed by atoms with Crippen LogP contribution in [-0.2, 0) is 6.42 Å². The molecule has 0 fully saturated rings. The number of nitrogens with zero attached hydrogens (tertiary/aromatic N) is 1. The Hall–Kier alpha value is -2.44. The molecule has 0 saturated heterocycles. The highest BCUT2D eigenvalue weighted by molar-refractivity contribution is 5.96. The molecule has 2 N–H and O–H groups in total. The number of halogens is 1. The standard InChI is InChI=1S/C18H19N3O3.ClH/c1-12-14(7-4-8-17(12)21(23)24)18(22)20-11-16-15-6-3-2-5-13(15)9-10-19-16;/h2-8,16,19H,9-11H2,1H3,(H,20,22);1H. The van der Waals surface area contributed by atoms with Crippen LogP contribution in [0.5, 0.6) is 0 Å². The van der Waals surface area contributed by atoms with Crippen LogP contribution in [0.1, 0.15) is 33.1 Å². The molecule has 1 atom stereocenters. The second kappa shape index (κ2) is 8.09. The zero-order valence-electron chi connectivity index (χ0n) is 13.8. The largest absolute Gasteiger partial charge is 0.350 e. The molecule has 1 amide bonds. The molecule has 132 valence electrons. The Balaban J connectivity index is 0.00000225. The first-order valence-corrected chi connectivity index (χ1v) is 7.91. The highest BCUT2D eigenvalue weighted by atomic mass is 35.5. The number of nitro benzene ring substituents is 1. The Kier molecular flexibility index (Phi) is 6.12. The maximum Gasteiger partial charge on any atom is 0.273 e. The van der Waals surface area contributed by atoms with Gasteiger partial charge in [0.05, 0.1) is 4.92 Å². The first-order valence-electron chi connectivity index (χ1n) is 7.91. The molecule has 7 heteroatoms. The Morgan fingerprint density at radius 3 is 2.80 bits per heavy atom. The fraction of sp³-hybridized carbons (Fsp3) is 0.278. The summed E-state index contributed by atoms with van der Waals surface area (Å²) in [5.41, 5.74) is 3.18. The molecule has 25 heavy (non-hydrogen) atoms. The Bertz CT molecular complexity index is 795. The molecule has 3 rings (SSSR count). The second-order valence-corrected chi connectivity index (χ2v) is 5.87. The zero-order valence-corrected chi connectivity index (χ0v) is 14.6. The van der Waals surface area contributed by atoms with E-state index in [1.807, 2.05) is 12.1 Å². The molecule has 0 radical (unpaired) electrons. The minimum atomic E-state index is -0.467.